The molecule has 2 rings (SSSR count). The summed E-state index contributed by atoms with van der Waals surface area (Å²) in [5.41, 5.74) is 1.44. The first-order chi connectivity index (χ1) is 9.41. The van der Waals surface area contributed by atoms with E-state index in [0.717, 1.165) is 11.4 Å². The molecular weight excluding hydrogens is 270 g/mol. The molecule has 2 nitrogen and oxygen atoms in total. The van der Waals surface area contributed by atoms with Crippen molar-refractivity contribution in [3.05, 3.63) is 23.2 Å². The SMILES string of the molecule is COc1ccc(NC2CCCCC2C(C)(C)C)cc1Cl. The van der Waals surface area contributed by atoms with E-state index in [1.165, 1.54) is 25.7 Å². The Morgan fingerprint density at radius 2 is 1.90 bits per heavy atom. The number of ether oxygens (including phenoxy) is 1. The highest BCUT2D eigenvalue weighted by atomic mass is 35.5. The smallest absolute Gasteiger partial charge is 0.137 e. The van der Waals surface area contributed by atoms with E-state index in [4.69, 9.17) is 16.3 Å². The third kappa shape index (κ3) is 3.60. The van der Waals surface area contributed by atoms with Crippen LogP contribution in [0, 0.1) is 11.3 Å². The van der Waals surface area contributed by atoms with Gasteiger partial charge in [-0.2, -0.15) is 0 Å². The van der Waals surface area contributed by atoms with Crippen LogP contribution in [0.25, 0.3) is 0 Å². The van der Waals surface area contributed by atoms with Crippen molar-refractivity contribution in [1.29, 1.82) is 0 Å². The summed E-state index contributed by atoms with van der Waals surface area (Å²) < 4.78 is 5.21. The van der Waals surface area contributed by atoms with Gasteiger partial charge in [-0.05, 0) is 42.4 Å². The van der Waals surface area contributed by atoms with E-state index in [-0.39, 0.29) is 0 Å². The fourth-order valence-corrected chi connectivity index (χ4v) is 3.57. The highest BCUT2D eigenvalue weighted by molar-refractivity contribution is 6.32. The number of hydrogen-bond donors (Lipinski definition) is 1. The zero-order chi connectivity index (χ0) is 14.8. The van der Waals surface area contributed by atoms with Crippen molar-refractivity contribution in [2.45, 2.75) is 52.5 Å². The summed E-state index contributed by atoms with van der Waals surface area (Å²) in [7, 11) is 1.64. The van der Waals surface area contributed by atoms with Gasteiger partial charge < -0.3 is 10.1 Å². The molecule has 112 valence electrons. The Kier molecular flexibility index (Phi) is 4.85. The summed E-state index contributed by atoms with van der Waals surface area (Å²) in [4.78, 5) is 0. The minimum atomic E-state index is 0.342. The molecule has 2 unspecified atom stereocenters. The summed E-state index contributed by atoms with van der Waals surface area (Å²) in [5.74, 6) is 1.44. The summed E-state index contributed by atoms with van der Waals surface area (Å²) in [5, 5.41) is 4.36. The highest BCUT2D eigenvalue weighted by Gasteiger charge is 2.34. The molecule has 1 N–H and O–H groups in total. The molecule has 0 aliphatic heterocycles. The number of halogens is 1. The normalized spacial score (nSPS) is 23.4. The second-order valence-electron chi connectivity index (χ2n) is 6.86. The quantitative estimate of drug-likeness (QED) is 0.810. The predicted octanol–water partition coefficient (Wildman–Crippen LogP) is 5.37. The van der Waals surface area contributed by atoms with Gasteiger partial charge >= 0.3 is 0 Å². The van der Waals surface area contributed by atoms with Crippen molar-refractivity contribution in [3.63, 3.8) is 0 Å². The molecule has 1 aromatic carbocycles. The lowest BCUT2D eigenvalue weighted by Crippen LogP contribution is -2.39. The number of methoxy groups -OCH3 is 1. The minimum absolute atomic E-state index is 0.342. The van der Waals surface area contributed by atoms with Crippen molar-refractivity contribution in [2.24, 2.45) is 11.3 Å². The first-order valence-corrected chi connectivity index (χ1v) is 7.89. The van der Waals surface area contributed by atoms with Gasteiger partial charge in [0.2, 0.25) is 0 Å². The fraction of sp³-hybridized carbons (Fsp3) is 0.647. The first kappa shape index (κ1) is 15.5. The number of nitrogens with one attached hydrogen (secondary N) is 1. The van der Waals surface area contributed by atoms with Crippen LogP contribution in [0.4, 0.5) is 5.69 Å². The molecule has 0 amide bonds. The lowest BCUT2D eigenvalue weighted by molar-refractivity contribution is 0.163. The minimum Gasteiger partial charge on any atom is -0.495 e. The van der Waals surface area contributed by atoms with Crippen LogP contribution in [0.2, 0.25) is 5.02 Å². The Hall–Kier alpha value is -0.890. The second kappa shape index (κ2) is 6.26. The van der Waals surface area contributed by atoms with Crippen molar-refractivity contribution < 1.29 is 4.74 Å². The third-order valence-electron chi connectivity index (χ3n) is 4.38. The number of rotatable bonds is 3. The lowest BCUT2D eigenvalue weighted by Gasteiger charge is -2.41. The van der Waals surface area contributed by atoms with Crippen molar-refractivity contribution in [1.82, 2.24) is 0 Å². The summed E-state index contributed by atoms with van der Waals surface area (Å²) in [6.07, 6.45) is 5.22. The van der Waals surface area contributed by atoms with Crippen LogP contribution >= 0.6 is 11.6 Å². The molecule has 0 spiro atoms. The summed E-state index contributed by atoms with van der Waals surface area (Å²) in [6.45, 7) is 7.04. The van der Waals surface area contributed by atoms with Crippen molar-refractivity contribution in [2.75, 3.05) is 12.4 Å². The molecule has 0 heterocycles. The van der Waals surface area contributed by atoms with Gasteiger partial charge in [-0.1, -0.05) is 45.2 Å². The molecular formula is C17H26ClNO. The molecule has 20 heavy (non-hydrogen) atoms. The van der Waals surface area contributed by atoms with Gasteiger partial charge in [0.25, 0.3) is 0 Å². The molecule has 1 fully saturated rings. The lowest BCUT2D eigenvalue weighted by atomic mass is 9.69. The van der Waals surface area contributed by atoms with Crippen LogP contribution in [0.1, 0.15) is 46.5 Å². The van der Waals surface area contributed by atoms with E-state index in [0.29, 0.717) is 22.4 Å². The average molecular weight is 296 g/mol. The van der Waals surface area contributed by atoms with E-state index in [1.807, 2.05) is 12.1 Å². The van der Waals surface area contributed by atoms with E-state index in [2.05, 4.69) is 32.2 Å². The largest absolute Gasteiger partial charge is 0.495 e. The number of hydrogen-bond acceptors (Lipinski definition) is 2. The Morgan fingerprint density at radius 1 is 1.20 bits per heavy atom. The van der Waals surface area contributed by atoms with Gasteiger partial charge in [0.1, 0.15) is 5.75 Å². The second-order valence-corrected chi connectivity index (χ2v) is 7.26. The van der Waals surface area contributed by atoms with Crippen molar-refractivity contribution >= 4 is 17.3 Å². The maximum Gasteiger partial charge on any atom is 0.137 e. The van der Waals surface area contributed by atoms with Crippen LogP contribution < -0.4 is 10.1 Å². The fourth-order valence-electron chi connectivity index (χ4n) is 3.31. The van der Waals surface area contributed by atoms with Gasteiger partial charge in [0.15, 0.2) is 0 Å². The molecule has 0 bridgehead atoms. The van der Waals surface area contributed by atoms with Gasteiger partial charge in [-0.25, -0.2) is 0 Å². The number of anilines is 1. The summed E-state index contributed by atoms with van der Waals surface area (Å²) in [6, 6.07) is 6.49. The molecule has 1 aliphatic rings. The predicted molar refractivity (Wildman–Crippen MR) is 86.8 cm³/mol. The summed E-state index contributed by atoms with van der Waals surface area (Å²) >= 11 is 6.21. The zero-order valence-corrected chi connectivity index (χ0v) is 13.8. The molecule has 2 atom stereocenters. The number of benzene rings is 1. The Morgan fingerprint density at radius 3 is 2.50 bits per heavy atom. The Balaban J connectivity index is 2.12. The highest BCUT2D eigenvalue weighted by Crippen LogP contribution is 2.39. The average Bonchev–Trinajstić information content (AvgIpc) is 2.38. The molecule has 1 aromatic rings. The van der Waals surface area contributed by atoms with Crippen molar-refractivity contribution in [3.8, 4) is 5.75 Å². The molecule has 1 aliphatic carbocycles. The molecule has 0 radical (unpaired) electrons. The molecule has 3 heteroatoms. The molecule has 0 aromatic heterocycles. The van der Waals surface area contributed by atoms with E-state index in [1.54, 1.807) is 7.11 Å². The monoisotopic (exact) mass is 295 g/mol. The van der Waals surface area contributed by atoms with Crippen LogP contribution in [0.5, 0.6) is 5.75 Å². The Bertz CT molecular complexity index is 453. The van der Waals surface area contributed by atoms with Gasteiger partial charge in [-0.15, -0.1) is 0 Å². The van der Waals surface area contributed by atoms with E-state index in [9.17, 15) is 0 Å². The van der Waals surface area contributed by atoms with Gasteiger partial charge in [-0.3, -0.25) is 0 Å². The third-order valence-corrected chi connectivity index (χ3v) is 4.68. The molecule has 1 saturated carbocycles. The zero-order valence-electron chi connectivity index (χ0n) is 13.0. The first-order valence-electron chi connectivity index (χ1n) is 7.52. The Labute approximate surface area is 127 Å². The van der Waals surface area contributed by atoms with Crippen LogP contribution in [-0.4, -0.2) is 13.2 Å². The standard InChI is InChI=1S/C17H26ClNO/c1-17(2,3)13-7-5-6-8-15(13)19-12-9-10-16(20-4)14(18)11-12/h9-11,13,15,19H,5-8H2,1-4H3. The molecule has 0 saturated heterocycles. The topological polar surface area (TPSA) is 21.3 Å². The van der Waals surface area contributed by atoms with Crippen LogP contribution in [0.3, 0.4) is 0 Å². The maximum atomic E-state index is 6.21. The van der Waals surface area contributed by atoms with Gasteiger partial charge in [0, 0.05) is 11.7 Å². The van der Waals surface area contributed by atoms with E-state index >= 15 is 0 Å². The van der Waals surface area contributed by atoms with Gasteiger partial charge in [0.05, 0.1) is 12.1 Å². The maximum absolute atomic E-state index is 6.21. The van der Waals surface area contributed by atoms with E-state index < -0.39 is 0 Å². The van der Waals surface area contributed by atoms with Crippen LogP contribution in [-0.2, 0) is 0 Å². The van der Waals surface area contributed by atoms with Crippen LogP contribution in [0.15, 0.2) is 18.2 Å².